The molecule has 1 aliphatic heterocycles. The monoisotopic (exact) mass is 313 g/mol. The summed E-state index contributed by atoms with van der Waals surface area (Å²) in [5.74, 6) is 0.179. The van der Waals surface area contributed by atoms with Gasteiger partial charge in [-0.3, -0.25) is 4.79 Å². The number of hydrogen-bond donors (Lipinski definition) is 1. The molecule has 1 saturated heterocycles. The van der Waals surface area contributed by atoms with E-state index in [0.717, 1.165) is 37.3 Å². The van der Waals surface area contributed by atoms with Crippen LogP contribution in [0.25, 0.3) is 5.69 Å². The maximum absolute atomic E-state index is 12.4. The molecule has 3 rings (SSSR count). The van der Waals surface area contributed by atoms with Gasteiger partial charge in [-0.1, -0.05) is 23.4 Å². The van der Waals surface area contributed by atoms with Gasteiger partial charge >= 0.3 is 0 Å². The van der Waals surface area contributed by atoms with Crippen LogP contribution in [0.1, 0.15) is 31.5 Å². The van der Waals surface area contributed by atoms with Gasteiger partial charge in [0.1, 0.15) is 5.69 Å². The van der Waals surface area contributed by atoms with Gasteiger partial charge in [-0.05, 0) is 45.5 Å². The van der Waals surface area contributed by atoms with Crippen molar-refractivity contribution in [1.29, 1.82) is 0 Å². The molecule has 1 aliphatic rings. The number of carbonyl (C=O) groups excluding carboxylic acids is 1. The quantitative estimate of drug-likeness (QED) is 0.935. The molecule has 6 heteroatoms. The lowest BCUT2D eigenvalue weighted by Crippen LogP contribution is -2.42. The number of hydrogen-bond acceptors (Lipinski definition) is 4. The fraction of sp³-hybridized carbons (Fsp3) is 0.471. The standard InChI is InChI=1S/C17H23N5O/c1-13(18-17(23)14-7-6-10-21(2)11-14)16-12-22(20-19-16)15-8-4-3-5-9-15/h3-5,8-9,12-14H,6-7,10-11H2,1-2H3,(H,18,23). The first kappa shape index (κ1) is 15.7. The molecule has 6 nitrogen and oxygen atoms in total. The van der Waals surface area contributed by atoms with E-state index in [4.69, 9.17) is 0 Å². The Balaban J connectivity index is 1.63. The van der Waals surface area contributed by atoms with Crippen LogP contribution >= 0.6 is 0 Å². The van der Waals surface area contributed by atoms with Crippen LogP contribution in [0.2, 0.25) is 0 Å². The Morgan fingerprint density at radius 1 is 1.35 bits per heavy atom. The molecule has 0 bridgehead atoms. The van der Waals surface area contributed by atoms with E-state index in [-0.39, 0.29) is 17.9 Å². The minimum atomic E-state index is -0.146. The highest BCUT2D eigenvalue weighted by Crippen LogP contribution is 2.17. The van der Waals surface area contributed by atoms with Crippen molar-refractivity contribution in [2.45, 2.75) is 25.8 Å². The third kappa shape index (κ3) is 3.76. The first-order valence-electron chi connectivity index (χ1n) is 8.10. The predicted octanol–water partition coefficient (Wildman–Crippen LogP) is 1.79. The lowest BCUT2D eigenvalue weighted by atomic mass is 9.97. The summed E-state index contributed by atoms with van der Waals surface area (Å²) in [6, 6.07) is 9.68. The van der Waals surface area contributed by atoms with Crippen LogP contribution in [0.5, 0.6) is 0 Å². The molecule has 1 aromatic heterocycles. The molecule has 1 aromatic carbocycles. The topological polar surface area (TPSA) is 63.1 Å². The van der Waals surface area contributed by atoms with E-state index in [0.29, 0.717) is 0 Å². The van der Waals surface area contributed by atoms with Crippen LogP contribution < -0.4 is 5.32 Å². The highest BCUT2D eigenvalue weighted by atomic mass is 16.2. The number of benzene rings is 1. The van der Waals surface area contributed by atoms with Crippen LogP contribution in [-0.4, -0.2) is 45.9 Å². The maximum atomic E-state index is 12.4. The average Bonchev–Trinajstić information content (AvgIpc) is 3.06. The zero-order valence-corrected chi connectivity index (χ0v) is 13.6. The number of piperidine rings is 1. The summed E-state index contributed by atoms with van der Waals surface area (Å²) in [6.45, 7) is 3.85. The fourth-order valence-electron chi connectivity index (χ4n) is 2.97. The fourth-order valence-corrected chi connectivity index (χ4v) is 2.97. The Bertz CT molecular complexity index is 654. The molecule has 1 N–H and O–H groups in total. The minimum Gasteiger partial charge on any atom is -0.348 e. The van der Waals surface area contributed by atoms with Gasteiger partial charge in [0, 0.05) is 6.54 Å². The van der Waals surface area contributed by atoms with Gasteiger partial charge in [0.25, 0.3) is 0 Å². The molecule has 2 aromatic rings. The first-order valence-corrected chi connectivity index (χ1v) is 8.10. The average molecular weight is 313 g/mol. The Kier molecular flexibility index (Phi) is 4.71. The molecule has 2 atom stereocenters. The van der Waals surface area contributed by atoms with Gasteiger partial charge in [-0.25, -0.2) is 4.68 Å². The molecule has 2 unspecified atom stereocenters. The summed E-state index contributed by atoms with van der Waals surface area (Å²) in [5, 5.41) is 11.4. The Morgan fingerprint density at radius 2 is 2.13 bits per heavy atom. The molecule has 2 heterocycles. The van der Waals surface area contributed by atoms with Crippen LogP contribution in [0.3, 0.4) is 0 Å². The highest BCUT2D eigenvalue weighted by molar-refractivity contribution is 5.79. The van der Waals surface area contributed by atoms with Crippen LogP contribution in [0.15, 0.2) is 36.5 Å². The number of aromatic nitrogens is 3. The molecule has 0 radical (unpaired) electrons. The molecule has 1 amide bonds. The Morgan fingerprint density at radius 3 is 2.87 bits per heavy atom. The van der Waals surface area contributed by atoms with Crippen molar-refractivity contribution in [2.75, 3.05) is 20.1 Å². The number of likely N-dealkylation sites (tertiary alicyclic amines) is 1. The summed E-state index contributed by atoms with van der Waals surface area (Å²) in [5.41, 5.74) is 1.73. The second kappa shape index (κ2) is 6.91. The second-order valence-electron chi connectivity index (χ2n) is 6.26. The van der Waals surface area contributed by atoms with Crippen LogP contribution in [-0.2, 0) is 4.79 Å². The van der Waals surface area contributed by atoms with Gasteiger partial charge in [0.2, 0.25) is 5.91 Å². The van der Waals surface area contributed by atoms with Crippen molar-refractivity contribution >= 4 is 5.91 Å². The van der Waals surface area contributed by atoms with Crippen molar-refractivity contribution < 1.29 is 4.79 Å². The number of rotatable bonds is 4. The van der Waals surface area contributed by atoms with Gasteiger partial charge in [-0.2, -0.15) is 0 Å². The number of para-hydroxylation sites is 1. The van der Waals surface area contributed by atoms with Crippen molar-refractivity contribution in [3.8, 4) is 5.69 Å². The second-order valence-corrected chi connectivity index (χ2v) is 6.26. The number of amides is 1. The van der Waals surface area contributed by atoms with Gasteiger partial charge < -0.3 is 10.2 Å². The predicted molar refractivity (Wildman–Crippen MR) is 88.1 cm³/mol. The summed E-state index contributed by atoms with van der Waals surface area (Å²) >= 11 is 0. The van der Waals surface area contributed by atoms with Crippen LogP contribution in [0, 0.1) is 5.92 Å². The molecular formula is C17H23N5O. The minimum absolute atomic E-state index is 0.0698. The van der Waals surface area contributed by atoms with Crippen LogP contribution in [0.4, 0.5) is 0 Å². The Labute approximate surface area is 136 Å². The van der Waals surface area contributed by atoms with Crippen molar-refractivity contribution in [3.63, 3.8) is 0 Å². The number of nitrogens with zero attached hydrogens (tertiary/aromatic N) is 4. The zero-order valence-electron chi connectivity index (χ0n) is 13.6. The van der Waals surface area contributed by atoms with Crippen molar-refractivity contribution in [1.82, 2.24) is 25.2 Å². The molecular weight excluding hydrogens is 290 g/mol. The van der Waals surface area contributed by atoms with Gasteiger partial charge in [0.05, 0.1) is 23.8 Å². The largest absolute Gasteiger partial charge is 0.348 e. The van der Waals surface area contributed by atoms with E-state index in [9.17, 15) is 4.79 Å². The SMILES string of the molecule is CC(NC(=O)C1CCCN(C)C1)c1cn(-c2ccccc2)nn1. The molecule has 122 valence electrons. The summed E-state index contributed by atoms with van der Waals surface area (Å²) in [4.78, 5) is 14.6. The molecule has 1 fully saturated rings. The van der Waals surface area contributed by atoms with E-state index in [1.54, 1.807) is 4.68 Å². The molecule has 0 saturated carbocycles. The molecule has 0 aliphatic carbocycles. The lowest BCUT2D eigenvalue weighted by Gasteiger charge is -2.29. The molecule has 23 heavy (non-hydrogen) atoms. The van der Waals surface area contributed by atoms with E-state index in [1.165, 1.54) is 0 Å². The normalized spacial score (nSPS) is 20.2. The number of carbonyl (C=O) groups is 1. The van der Waals surface area contributed by atoms with Crippen molar-refractivity contribution in [3.05, 3.63) is 42.2 Å². The van der Waals surface area contributed by atoms with Gasteiger partial charge in [0.15, 0.2) is 0 Å². The maximum Gasteiger partial charge on any atom is 0.224 e. The molecule has 0 spiro atoms. The van der Waals surface area contributed by atoms with E-state index in [2.05, 4.69) is 27.6 Å². The van der Waals surface area contributed by atoms with E-state index >= 15 is 0 Å². The Hall–Kier alpha value is -2.21. The van der Waals surface area contributed by atoms with Crippen molar-refractivity contribution in [2.24, 2.45) is 5.92 Å². The third-order valence-electron chi connectivity index (χ3n) is 4.33. The smallest absolute Gasteiger partial charge is 0.224 e. The summed E-state index contributed by atoms with van der Waals surface area (Å²) < 4.78 is 1.73. The summed E-state index contributed by atoms with van der Waals surface area (Å²) in [7, 11) is 2.06. The zero-order chi connectivity index (χ0) is 16.2. The van der Waals surface area contributed by atoms with Gasteiger partial charge in [-0.15, -0.1) is 5.10 Å². The summed E-state index contributed by atoms with van der Waals surface area (Å²) in [6.07, 6.45) is 3.90. The van der Waals surface area contributed by atoms with E-state index in [1.807, 2.05) is 43.5 Å². The third-order valence-corrected chi connectivity index (χ3v) is 4.33. The lowest BCUT2D eigenvalue weighted by molar-refractivity contribution is -0.127. The first-order chi connectivity index (χ1) is 11.1. The highest BCUT2D eigenvalue weighted by Gasteiger charge is 2.25. The number of nitrogens with one attached hydrogen (secondary N) is 1. The van der Waals surface area contributed by atoms with E-state index < -0.39 is 0 Å².